The van der Waals surface area contributed by atoms with E-state index in [2.05, 4.69) is 43.6 Å². The highest BCUT2D eigenvalue weighted by Crippen LogP contribution is 2.69. The summed E-state index contributed by atoms with van der Waals surface area (Å²) in [6.45, 7) is 8.45. The average molecular weight is 518 g/mol. The molecule has 0 bridgehead atoms. The SMILES string of the molecule is CC1(C)C(C(=O)N(Cc2ccccc2Cl)C2CC(=O)N(c3ccc(Br)cc3)C2=O)C1(C)C. The molecule has 1 saturated heterocycles. The number of halogens is 2. The molecule has 1 saturated carbocycles. The largest absolute Gasteiger partial charge is 0.325 e. The summed E-state index contributed by atoms with van der Waals surface area (Å²) in [5, 5.41) is 0.529. The number of rotatable bonds is 5. The zero-order valence-electron chi connectivity index (χ0n) is 18.6. The van der Waals surface area contributed by atoms with Gasteiger partial charge >= 0.3 is 0 Å². The maximum Gasteiger partial charge on any atom is 0.257 e. The van der Waals surface area contributed by atoms with Gasteiger partial charge in [-0.3, -0.25) is 14.4 Å². The van der Waals surface area contributed by atoms with Crippen molar-refractivity contribution in [1.82, 2.24) is 4.90 Å². The smallest absolute Gasteiger partial charge is 0.257 e. The van der Waals surface area contributed by atoms with Crippen molar-refractivity contribution in [3.8, 4) is 0 Å². The summed E-state index contributed by atoms with van der Waals surface area (Å²) < 4.78 is 0.852. The normalized spacial score (nSPS) is 21.7. The average Bonchev–Trinajstić information content (AvgIpc) is 2.96. The molecule has 2 aromatic rings. The summed E-state index contributed by atoms with van der Waals surface area (Å²) in [6, 6.07) is 13.4. The third-order valence-electron chi connectivity index (χ3n) is 7.43. The minimum absolute atomic E-state index is 0.0430. The van der Waals surface area contributed by atoms with Gasteiger partial charge in [-0.1, -0.05) is 73.4 Å². The first kappa shape index (κ1) is 23.0. The van der Waals surface area contributed by atoms with Gasteiger partial charge in [0.25, 0.3) is 5.91 Å². The summed E-state index contributed by atoms with van der Waals surface area (Å²) in [7, 11) is 0. The highest BCUT2D eigenvalue weighted by atomic mass is 79.9. The molecular formula is C25H26BrClN2O3. The first-order chi connectivity index (χ1) is 15.0. The molecule has 1 aliphatic carbocycles. The second kappa shape index (κ2) is 7.99. The molecule has 0 spiro atoms. The van der Waals surface area contributed by atoms with E-state index in [1.54, 1.807) is 35.2 Å². The molecule has 1 heterocycles. The van der Waals surface area contributed by atoms with Gasteiger partial charge in [-0.2, -0.15) is 0 Å². The fourth-order valence-electron chi connectivity index (χ4n) is 4.85. The van der Waals surface area contributed by atoms with Crippen LogP contribution in [0.3, 0.4) is 0 Å². The Bertz CT molecular complexity index is 1080. The van der Waals surface area contributed by atoms with Crippen molar-refractivity contribution in [2.45, 2.75) is 46.7 Å². The molecule has 32 heavy (non-hydrogen) atoms. The molecule has 1 unspecified atom stereocenters. The predicted molar refractivity (Wildman–Crippen MR) is 128 cm³/mol. The van der Waals surface area contributed by atoms with E-state index >= 15 is 0 Å². The van der Waals surface area contributed by atoms with Crippen LogP contribution >= 0.6 is 27.5 Å². The van der Waals surface area contributed by atoms with Crippen LogP contribution in [0.4, 0.5) is 5.69 Å². The van der Waals surface area contributed by atoms with Crippen molar-refractivity contribution < 1.29 is 14.4 Å². The van der Waals surface area contributed by atoms with Crippen LogP contribution in [-0.4, -0.2) is 28.7 Å². The Hall–Kier alpha value is -2.18. The molecule has 168 valence electrons. The number of hydrogen-bond donors (Lipinski definition) is 0. The highest BCUT2D eigenvalue weighted by molar-refractivity contribution is 9.10. The molecule has 5 nitrogen and oxygen atoms in total. The number of hydrogen-bond acceptors (Lipinski definition) is 3. The van der Waals surface area contributed by atoms with E-state index in [1.807, 2.05) is 18.2 Å². The number of benzene rings is 2. The van der Waals surface area contributed by atoms with Gasteiger partial charge < -0.3 is 4.90 Å². The summed E-state index contributed by atoms with van der Waals surface area (Å²) in [6.07, 6.45) is -0.0430. The first-order valence-corrected chi connectivity index (χ1v) is 11.8. The molecule has 3 amide bonds. The van der Waals surface area contributed by atoms with Gasteiger partial charge in [0.2, 0.25) is 11.8 Å². The van der Waals surface area contributed by atoms with E-state index in [-0.39, 0.29) is 47.4 Å². The van der Waals surface area contributed by atoms with Gasteiger partial charge in [-0.25, -0.2) is 4.90 Å². The number of carbonyl (C=O) groups is 3. The number of nitrogens with zero attached hydrogens (tertiary/aromatic N) is 2. The zero-order valence-corrected chi connectivity index (χ0v) is 20.9. The molecule has 0 N–H and O–H groups in total. The van der Waals surface area contributed by atoms with Crippen molar-refractivity contribution in [3.05, 3.63) is 63.6 Å². The van der Waals surface area contributed by atoms with Gasteiger partial charge in [-0.15, -0.1) is 0 Å². The Balaban J connectivity index is 1.69. The van der Waals surface area contributed by atoms with Crippen molar-refractivity contribution >= 4 is 50.9 Å². The van der Waals surface area contributed by atoms with Gasteiger partial charge in [0.05, 0.1) is 12.1 Å². The quantitative estimate of drug-likeness (QED) is 0.496. The third kappa shape index (κ3) is 3.67. The fourth-order valence-corrected chi connectivity index (χ4v) is 5.31. The fraction of sp³-hybridized carbons (Fsp3) is 0.400. The number of carbonyl (C=O) groups excluding carboxylic acids is 3. The number of anilines is 1. The van der Waals surface area contributed by atoms with Crippen molar-refractivity contribution in [2.24, 2.45) is 16.7 Å². The minimum Gasteiger partial charge on any atom is -0.325 e. The lowest BCUT2D eigenvalue weighted by Crippen LogP contribution is -2.46. The first-order valence-electron chi connectivity index (χ1n) is 10.6. The topological polar surface area (TPSA) is 57.7 Å². The minimum atomic E-state index is -0.859. The van der Waals surface area contributed by atoms with Crippen LogP contribution in [0.5, 0.6) is 0 Å². The standard InChI is InChI=1S/C25H26BrClN2O3/c1-24(2)21(25(24,3)4)23(32)28(14-15-7-5-6-8-18(15)27)19-13-20(30)29(22(19)31)17-11-9-16(26)10-12-17/h5-12,19,21H,13-14H2,1-4H3. The lowest BCUT2D eigenvalue weighted by molar-refractivity contribution is -0.141. The van der Waals surface area contributed by atoms with Crippen LogP contribution in [0, 0.1) is 16.7 Å². The van der Waals surface area contributed by atoms with E-state index in [4.69, 9.17) is 11.6 Å². The molecule has 2 aromatic carbocycles. The molecule has 1 aliphatic heterocycles. The number of imide groups is 1. The monoisotopic (exact) mass is 516 g/mol. The van der Waals surface area contributed by atoms with Crippen LogP contribution in [0.1, 0.15) is 39.7 Å². The maximum absolute atomic E-state index is 13.8. The molecular weight excluding hydrogens is 492 g/mol. The zero-order chi connectivity index (χ0) is 23.4. The molecule has 4 rings (SSSR count). The van der Waals surface area contributed by atoms with E-state index in [0.717, 1.165) is 10.0 Å². The van der Waals surface area contributed by atoms with Gasteiger partial charge in [-0.05, 0) is 46.7 Å². The van der Waals surface area contributed by atoms with Gasteiger partial charge in [0, 0.05) is 22.0 Å². The highest BCUT2D eigenvalue weighted by Gasteiger charge is 2.69. The lowest BCUT2D eigenvalue weighted by atomic mass is 10.0. The van der Waals surface area contributed by atoms with Crippen LogP contribution in [-0.2, 0) is 20.9 Å². The Labute approximate surface area is 201 Å². The Morgan fingerprint density at radius 3 is 2.22 bits per heavy atom. The molecule has 0 aromatic heterocycles. The second-order valence-corrected chi connectivity index (χ2v) is 11.0. The Kier molecular flexibility index (Phi) is 5.74. The predicted octanol–water partition coefficient (Wildman–Crippen LogP) is 5.45. The maximum atomic E-state index is 13.8. The van der Waals surface area contributed by atoms with Crippen molar-refractivity contribution in [3.63, 3.8) is 0 Å². The van der Waals surface area contributed by atoms with E-state index < -0.39 is 6.04 Å². The van der Waals surface area contributed by atoms with Crippen LogP contribution < -0.4 is 4.90 Å². The van der Waals surface area contributed by atoms with Gasteiger partial charge in [0.15, 0.2) is 0 Å². The van der Waals surface area contributed by atoms with E-state index in [0.29, 0.717) is 10.7 Å². The molecule has 0 radical (unpaired) electrons. The van der Waals surface area contributed by atoms with Crippen molar-refractivity contribution in [2.75, 3.05) is 4.90 Å². The second-order valence-electron chi connectivity index (χ2n) is 9.70. The summed E-state index contributed by atoms with van der Waals surface area (Å²) in [4.78, 5) is 42.9. The number of amides is 3. The summed E-state index contributed by atoms with van der Waals surface area (Å²) in [5.41, 5.74) is 0.865. The van der Waals surface area contributed by atoms with Crippen LogP contribution in [0.2, 0.25) is 5.02 Å². The third-order valence-corrected chi connectivity index (χ3v) is 8.33. The van der Waals surface area contributed by atoms with E-state index in [1.165, 1.54) is 4.90 Å². The molecule has 2 fully saturated rings. The van der Waals surface area contributed by atoms with Gasteiger partial charge in [0.1, 0.15) is 6.04 Å². The summed E-state index contributed by atoms with van der Waals surface area (Å²) in [5.74, 6) is -1.03. The molecule has 1 atom stereocenters. The summed E-state index contributed by atoms with van der Waals surface area (Å²) >= 11 is 9.76. The van der Waals surface area contributed by atoms with Crippen LogP contribution in [0.25, 0.3) is 0 Å². The Morgan fingerprint density at radius 2 is 1.66 bits per heavy atom. The molecule has 2 aliphatic rings. The van der Waals surface area contributed by atoms with E-state index in [9.17, 15) is 14.4 Å². The Morgan fingerprint density at radius 1 is 1.06 bits per heavy atom. The molecule has 7 heteroatoms. The lowest BCUT2D eigenvalue weighted by Gasteiger charge is -2.29. The van der Waals surface area contributed by atoms with Crippen LogP contribution in [0.15, 0.2) is 53.0 Å². The van der Waals surface area contributed by atoms with Crippen molar-refractivity contribution in [1.29, 1.82) is 0 Å².